The molecule has 7 heteroatoms. The summed E-state index contributed by atoms with van der Waals surface area (Å²) in [6, 6.07) is 14.3. The Hall–Kier alpha value is -3.48. The Bertz CT molecular complexity index is 997. The van der Waals surface area contributed by atoms with Crippen molar-refractivity contribution in [1.29, 1.82) is 0 Å². The standard InChI is InChI=1S/C23H22N2O5/c1-2-15-7-3-6-10-19(15)25-14-16(13-20(25)26)23(29)30-12-11-24-21(27)17-8-4-5-9-18(17)22(24)28/h3-10,16H,2,11-14H2,1H3/t16-/m1/s1. The number of carbonyl (C=O) groups is 4. The molecule has 154 valence electrons. The number of anilines is 1. The number of para-hydroxylation sites is 1. The van der Waals surface area contributed by atoms with E-state index in [9.17, 15) is 19.2 Å². The minimum atomic E-state index is -0.565. The lowest BCUT2D eigenvalue weighted by Gasteiger charge is -2.20. The largest absolute Gasteiger partial charge is 0.464 e. The minimum Gasteiger partial charge on any atom is -0.464 e. The number of hydrogen-bond donors (Lipinski definition) is 0. The topological polar surface area (TPSA) is 84.0 Å². The predicted molar refractivity (Wildman–Crippen MR) is 109 cm³/mol. The summed E-state index contributed by atoms with van der Waals surface area (Å²) in [5, 5.41) is 0. The maximum atomic E-state index is 12.5. The van der Waals surface area contributed by atoms with Gasteiger partial charge in [0, 0.05) is 18.7 Å². The number of carbonyl (C=O) groups excluding carboxylic acids is 4. The van der Waals surface area contributed by atoms with Gasteiger partial charge in [0.05, 0.1) is 23.6 Å². The van der Waals surface area contributed by atoms with Gasteiger partial charge in [-0.05, 0) is 30.2 Å². The third-order valence-corrected chi connectivity index (χ3v) is 5.56. The second kappa shape index (κ2) is 8.10. The number of amides is 3. The van der Waals surface area contributed by atoms with Gasteiger partial charge in [-0.1, -0.05) is 37.3 Å². The van der Waals surface area contributed by atoms with Crippen LogP contribution in [0, 0.1) is 5.92 Å². The van der Waals surface area contributed by atoms with Crippen LogP contribution in [-0.2, 0) is 20.7 Å². The van der Waals surface area contributed by atoms with Gasteiger partial charge in [-0.15, -0.1) is 0 Å². The van der Waals surface area contributed by atoms with E-state index < -0.39 is 11.9 Å². The summed E-state index contributed by atoms with van der Waals surface area (Å²) in [4.78, 5) is 52.4. The number of benzene rings is 2. The molecule has 0 spiro atoms. The zero-order valence-electron chi connectivity index (χ0n) is 16.7. The van der Waals surface area contributed by atoms with E-state index in [1.165, 1.54) is 0 Å². The Morgan fingerprint density at radius 2 is 1.63 bits per heavy atom. The fraction of sp³-hybridized carbons (Fsp3) is 0.304. The second-order valence-corrected chi connectivity index (χ2v) is 7.36. The van der Waals surface area contributed by atoms with Crippen molar-refractivity contribution in [2.75, 3.05) is 24.6 Å². The van der Waals surface area contributed by atoms with Crippen LogP contribution in [0.2, 0.25) is 0 Å². The Kier molecular flexibility index (Phi) is 5.35. The highest BCUT2D eigenvalue weighted by molar-refractivity contribution is 6.21. The molecule has 0 unspecified atom stereocenters. The van der Waals surface area contributed by atoms with Crippen LogP contribution in [0.3, 0.4) is 0 Å². The van der Waals surface area contributed by atoms with Crippen LogP contribution in [0.5, 0.6) is 0 Å². The predicted octanol–water partition coefficient (Wildman–Crippen LogP) is 2.44. The summed E-state index contributed by atoms with van der Waals surface area (Å²) in [6.45, 7) is 2.17. The van der Waals surface area contributed by atoms with Gasteiger partial charge in [0.15, 0.2) is 0 Å². The Labute approximate surface area is 174 Å². The van der Waals surface area contributed by atoms with E-state index >= 15 is 0 Å². The number of rotatable bonds is 6. The Balaban J connectivity index is 1.34. The molecule has 1 atom stereocenters. The van der Waals surface area contributed by atoms with Crippen molar-refractivity contribution in [1.82, 2.24) is 4.90 Å². The van der Waals surface area contributed by atoms with E-state index in [1.54, 1.807) is 29.2 Å². The van der Waals surface area contributed by atoms with E-state index in [2.05, 4.69) is 0 Å². The van der Waals surface area contributed by atoms with Crippen LogP contribution in [0.15, 0.2) is 48.5 Å². The van der Waals surface area contributed by atoms with Gasteiger partial charge in [0.2, 0.25) is 5.91 Å². The molecule has 3 amide bonds. The molecule has 0 N–H and O–H groups in total. The monoisotopic (exact) mass is 406 g/mol. The zero-order valence-corrected chi connectivity index (χ0v) is 16.7. The van der Waals surface area contributed by atoms with Gasteiger partial charge < -0.3 is 9.64 Å². The van der Waals surface area contributed by atoms with Crippen molar-refractivity contribution < 1.29 is 23.9 Å². The molecule has 1 saturated heterocycles. The summed E-state index contributed by atoms with van der Waals surface area (Å²) in [6.07, 6.45) is 0.874. The van der Waals surface area contributed by atoms with Crippen LogP contribution in [0.1, 0.15) is 39.6 Å². The fourth-order valence-corrected chi connectivity index (χ4v) is 3.97. The third kappa shape index (κ3) is 3.47. The first kappa shape index (κ1) is 19.8. The zero-order chi connectivity index (χ0) is 21.3. The number of ether oxygens (including phenoxy) is 1. The van der Waals surface area contributed by atoms with Crippen LogP contribution in [-0.4, -0.2) is 48.3 Å². The lowest BCUT2D eigenvalue weighted by atomic mass is 10.1. The van der Waals surface area contributed by atoms with Crippen molar-refractivity contribution >= 4 is 29.4 Å². The molecule has 0 aromatic heterocycles. The van der Waals surface area contributed by atoms with E-state index in [4.69, 9.17) is 4.74 Å². The summed E-state index contributed by atoms with van der Waals surface area (Å²) >= 11 is 0. The molecule has 2 aromatic rings. The molecular formula is C23H22N2O5. The first-order valence-corrected chi connectivity index (χ1v) is 10.0. The van der Waals surface area contributed by atoms with Crippen molar-refractivity contribution in [3.05, 3.63) is 65.2 Å². The summed E-state index contributed by atoms with van der Waals surface area (Å²) in [7, 11) is 0. The van der Waals surface area contributed by atoms with E-state index in [0.29, 0.717) is 11.1 Å². The molecule has 30 heavy (non-hydrogen) atoms. The fourth-order valence-electron chi connectivity index (χ4n) is 3.97. The highest BCUT2D eigenvalue weighted by Gasteiger charge is 2.38. The lowest BCUT2D eigenvalue weighted by Crippen LogP contribution is -2.34. The highest BCUT2D eigenvalue weighted by atomic mass is 16.5. The first-order chi connectivity index (χ1) is 14.5. The quantitative estimate of drug-likeness (QED) is 0.544. The summed E-state index contributed by atoms with van der Waals surface area (Å²) in [5.74, 6) is -1.94. The molecule has 2 aliphatic heterocycles. The molecule has 0 aliphatic carbocycles. The molecule has 0 saturated carbocycles. The van der Waals surface area contributed by atoms with E-state index in [-0.39, 0.29) is 43.8 Å². The molecule has 7 nitrogen and oxygen atoms in total. The maximum absolute atomic E-state index is 12.5. The number of fused-ring (bicyclic) bond motifs is 1. The van der Waals surface area contributed by atoms with Crippen molar-refractivity contribution in [3.63, 3.8) is 0 Å². The molecule has 2 aliphatic rings. The summed E-state index contributed by atoms with van der Waals surface area (Å²) in [5.41, 5.74) is 2.60. The van der Waals surface area contributed by atoms with Crippen LogP contribution >= 0.6 is 0 Å². The van der Waals surface area contributed by atoms with Crippen molar-refractivity contribution in [2.45, 2.75) is 19.8 Å². The summed E-state index contributed by atoms with van der Waals surface area (Å²) < 4.78 is 5.31. The molecule has 0 radical (unpaired) electrons. The molecule has 2 aromatic carbocycles. The number of esters is 1. The second-order valence-electron chi connectivity index (χ2n) is 7.36. The van der Waals surface area contributed by atoms with E-state index in [1.807, 2.05) is 31.2 Å². The normalized spacial score (nSPS) is 18.2. The van der Waals surface area contributed by atoms with Gasteiger partial charge in [-0.25, -0.2) is 0 Å². The number of nitrogens with zero attached hydrogens (tertiary/aromatic N) is 2. The maximum Gasteiger partial charge on any atom is 0.311 e. The van der Waals surface area contributed by atoms with Gasteiger partial charge in [-0.2, -0.15) is 0 Å². The van der Waals surface area contributed by atoms with Crippen LogP contribution < -0.4 is 4.90 Å². The number of aryl methyl sites for hydroxylation is 1. The number of imide groups is 1. The van der Waals surface area contributed by atoms with Crippen LogP contribution in [0.25, 0.3) is 0 Å². The average Bonchev–Trinajstić information content (AvgIpc) is 3.27. The van der Waals surface area contributed by atoms with Gasteiger partial charge in [-0.3, -0.25) is 24.1 Å². The molecule has 4 rings (SSSR count). The molecular weight excluding hydrogens is 384 g/mol. The average molecular weight is 406 g/mol. The smallest absolute Gasteiger partial charge is 0.311 e. The SMILES string of the molecule is CCc1ccccc1N1C[C@H](C(=O)OCCN2C(=O)c3ccccc3C2=O)CC1=O. The molecule has 1 fully saturated rings. The molecule has 2 heterocycles. The van der Waals surface area contributed by atoms with Crippen molar-refractivity contribution in [2.24, 2.45) is 5.92 Å². The Morgan fingerprint density at radius 3 is 2.30 bits per heavy atom. The van der Waals surface area contributed by atoms with Gasteiger partial charge in [0.1, 0.15) is 6.61 Å². The molecule has 0 bridgehead atoms. The van der Waals surface area contributed by atoms with Gasteiger partial charge in [0.25, 0.3) is 11.8 Å². The van der Waals surface area contributed by atoms with E-state index in [0.717, 1.165) is 22.6 Å². The minimum absolute atomic E-state index is 0.0128. The first-order valence-electron chi connectivity index (χ1n) is 10.0. The van der Waals surface area contributed by atoms with Gasteiger partial charge >= 0.3 is 5.97 Å². The number of hydrogen-bond acceptors (Lipinski definition) is 5. The Morgan fingerprint density at radius 1 is 1.00 bits per heavy atom. The third-order valence-electron chi connectivity index (χ3n) is 5.56. The lowest BCUT2D eigenvalue weighted by molar-refractivity contribution is -0.148. The van der Waals surface area contributed by atoms with Crippen LogP contribution in [0.4, 0.5) is 5.69 Å². The van der Waals surface area contributed by atoms with Crippen molar-refractivity contribution in [3.8, 4) is 0 Å². The highest BCUT2D eigenvalue weighted by Crippen LogP contribution is 2.29.